The second-order valence-electron chi connectivity index (χ2n) is 4.53. The smallest absolute Gasteiger partial charge is 0.320 e. The number of carboxylic acid groups (broad SMARTS) is 1. The van der Waals surface area contributed by atoms with Crippen LogP contribution in [0.5, 0.6) is 0 Å². The van der Waals surface area contributed by atoms with Gasteiger partial charge in [0.05, 0.1) is 12.9 Å². The maximum Gasteiger partial charge on any atom is 0.320 e. The summed E-state index contributed by atoms with van der Waals surface area (Å²) in [5.74, 6) is -0.579. The number of aliphatic carboxylic acids is 1. The van der Waals surface area contributed by atoms with E-state index < -0.39 is 22.1 Å². The Balaban J connectivity index is 0. The van der Waals surface area contributed by atoms with E-state index in [1.54, 1.807) is 0 Å². The van der Waals surface area contributed by atoms with Gasteiger partial charge in [-0.3, -0.25) is 8.98 Å². The Morgan fingerprint density at radius 2 is 1.84 bits per heavy atom. The first-order valence-corrected chi connectivity index (χ1v) is 8.28. The number of carbonyl (C=O) groups is 1. The summed E-state index contributed by atoms with van der Waals surface area (Å²) < 4.78 is 26.2. The number of hydrogen-bond acceptors (Lipinski definition) is 5. The maximum atomic E-state index is 10.7. The summed E-state index contributed by atoms with van der Waals surface area (Å²) >= 11 is 0. The number of hydrogen-bond donors (Lipinski definition) is 2. The zero-order chi connectivity index (χ0) is 15.5. The predicted molar refractivity (Wildman–Crippen MR) is 75.4 cm³/mol. The minimum absolute atomic E-state index is 0.343. The molecule has 19 heavy (non-hydrogen) atoms. The molecule has 0 amide bonds. The minimum Gasteiger partial charge on any atom is -0.480 e. The van der Waals surface area contributed by atoms with Crippen LogP contribution in [0.2, 0.25) is 0 Å². The van der Waals surface area contributed by atoms with E-state index in [2.05, 4.69) is 13.8 Å². The van der Waals surface area contributed by atoms with Gasteiger partial charge in [0, 0.05) is 0 Å². The highest BCUT2D eigenvalue weighted by Gasteiger charge is 2.09. The summed E-state index contributed by atoms with van der Waals surface area (Å²) in [6, 6.07) is -0.731. The molecule has 0 fully saturated rings. The highest BCUT2D eigenvalue weighted by atomic mass is 32.2. The van der Waals surface area contributed by atoms with Crippen LogP contribution < -0.4 is 5.73 Å². The van der Waals surface area contributed by atoms with Gasteiger partial charge in [0.25, 0.3) is 10.1 Å². The van der Waals surface area contributed by atoms with E-state index in [9.17, 15) is 13.2 Å². The van der Waals surface area contributed by atoms with Crippen LogP contribution in [0.1, 0.15) is 46.5 Å². The number of nitrogens with two attached hydrogens (primary N) is 1. The Morgan fingerprint density at radius 3 is 2.11 bits per heavy atom. The third-order valence-corrected chi connectivity index (χ3v) is 3.01. The van der Waals surface area contributed by atoms with Crippen molar-refractivity contribution < 1.29 is 22.5 Å². The molecule has 0 aromatic carbocycles. The molecule has 0 saturated carbocycles. The lowest BCUT2D eigenvalue weighted by atomic mass is 10.0. The first kappa shape index (κ1) is 20.7. The molecule has 0 saturated heterocycles. The van der Waals surface area contributed by atoms with Gasteiger partial charge in [-0.25, -0.2) is 0 Å². The van der Waals surface area contributed by atoms with Crippen LogP contribution in [0.4, 0.5) is 0 Å². The summed E-state index contributed by atoms with van der Waals surface area (Å²) in [7, 11) is -3.25. The third kappa shape index (κ3) is 17.3. The van der Waals surface area contributed by atoms with Gasteiger partial charge in [-0.15, -0.1) is 0 Å². The van der Waals surface area contributed by atoms with Gasteiger partial charge in [-0.2, -0.15) is 8.42 Å². The van der Waals surface area contributed by atoms with E-state index in [1.807, 2.05) is 0 Å². The second-order valence-corrected chi connectivity index (χ2v) is 6.18. The van der Waals surface area contributed by atoms with Crippen molar-refractivity contribution in [2.24, 2.45) is 11.7 Å². The number of rotatable bonds is 8. The molecule has 0 rings (SSSR count). The molecule has 0 aromatic rings. The predicted octanol–water partition coefficient (Wildman–Crippen LogP) is 1.60. The molecule has 116 valence electrons. The van der Waals surface area contributed by atoms with E-state index in [0.717, 1.165) is 31.9 Å². The standard InChI is InChI=1S/C9H20O3S.C3H7NO2/c1-4-6-7-9(5-2)8-12-13(3,10)11;1-2(4)3(5)6/h9H,4-8H2,1-3H3;2H,4H2,1H3,(H,5,6). The van der Waals surface area contributed by atoms with Crippen LogP contribution in [-0.4, -0.2) is 38.4 Å². The lowest BCUT2D eigenvalue weighted by molar-refractivity contribution is -0.138. The van der Waals surface area contributed by atoms with Crippen LogP contribution >= 0.6 is 0 Å². The zero-order valence-corrected chi connectivity index (χ0v) is 13.1. The quantitative estimate of drug-likeness (QED) is 0.659. The Bertz CT molecular complexity index is 327. The first-order chi connectivity index (χ1) is 8.64. The Hall–Kier alpha value is -0.660. The average molecular weight is 297 g/mol. The number of carboxylic acids is 1. The van der Waals surface area contributed by atoms with Crippen molar-refractivity contribution >= 4 is 16.1 Å². The highest BCUT2D eigenvalue weighted by Crippen LogP contribution is 2.13. The van der Waals surface area contributed by atoms with E-state index in [1.165, 1.54) is 6.92 Å². The van der Waals surface area contributed by atoms with Gasteiger partial charge < -0.3 is 10.8 Å². The van der Waals surface area contributed by atoms with Gasteiger partial charge in [0.15, 0.2) is 0 Å². The maximum absolute atomic E-state index is 10.7. The molecule has 2 unspecified atom stereocenters. The molecule has 0 aliphatic rings. The van der Waals surface area contributed by atoms with Crippen molar-refractivity contribution in [3.05, 3.63) is 0 Å². The Kier molecular flexibility index (Phi) is 12.2. The van der Waals surface area contributed by atoms with Crippen molar-refractivity contribution in [2.75, 3.05) is 12.9 Å². The molecule has 7 heteroatoms. The van der Waals surface area contributed by atoms with Crippen molar-refractivity contribution in [3.8, 4) is 0 Å². The van der Waals surface area contributed by atoms with Gasteiger partial charge in [0.2, 0.25) is 0 Å². The molecule has 0 heterocycles. The summed E-state index contributed by atoms with van der Waals surface area (Å²) in [4.78, 5) is 9.57. The third-order valence-electron chi connectivity index (χ3n) is 2.45. The lowest BCUT2D eigenvalue weighted by Crippen LogP contribution is -2.25. The Morgan fingerprint density at radius 1 is 1.37 bits per heavy atom. The van der Waals surface area contributed by atoms with Crippen LogP contribution in [0.25, 0.3) is 0 Å². The molecule has 0 aliphatic heterocycles. The van der Waals surface area contributed by atoms with Gasteiger partial charge in [-0.05, 0) is 19.3 Å². The van der Waals surface area contributed by atoms with Gasteiger partial charge in [0.1, 0.15) is 6.04 Å². The fourth-order valence-electron chi connectivity index (χ4n) is 1.12. The highest BCUT2D eigenvalue weighted by molar-refractivity contribution is 7.85. The van der Waals surface area contributed by atoms with Crippen molar-refractivity contribution in [2.45, 2.75) is 52.5 Å². The van der Waals surface area contributed by atoms with Gasteiger partial charge >= 0.3 is 5.97 Å². The minimum atomic E-state index is -3.25. The van der Waals surface area contributed by atoms with E-state index in [0.29, 0.717) is 12.5 Å². The summed E-state index contributed by atoms with van der Waals surface area (Å²) in [6.07, 6.45) is 5.43. The Labute approximate surface area is 116 Å². The topological polar surface area (TPSA) is 107 Å². The van der Waals surface area contributed by atoms with Crippen LogP contribution in [-0.2, 0) is 19.1 Å². The molecule has 3 N–H and O–H groups in total. The molecular formula is C12H27NO5S. The molecular weight excluding hydrogens is 270 g/mol. The second kappa shape index (κ2) is 11.2. The van der Waals surface area contributed by atoms with Crippen molar-refractivity contribution in [1.82, 2.24) is 0 Å². The monoisotopic (exact) mass is 297 g/mol. The molecule has 0 bridgehead atoms. The van der Waals surface area contributed by atoms with Crippen LogP contribution in [0.15, 0.2) is 0 Å². The van der Waals surface area contributed by atoms with Crippen molar-refractivity contribution in [1.29, 1.82) is 0 Å². The van der Waals surface area contributed by atoms with Crippen LogP contribution in [0, 0.1) is 5.92 Å². The average Bonchev–Trinajstić information content (AvgIpc) is 2.28. The fraction of sp³-hybridized carbons (Fsp3) is 0.917. The van der Waals surface area contributed by atoms with Crippen molar-refractivity contribution in [3.63, 3.8) is 0 Å². The molecule has 0 aromatic heterocycles. The number of unbranched alkanes of at least 4 members (excludes halogenated alkanes) is 1. The first-order valence-electron chi connectivity index (χ1n) is 6.46. The molecule has 0 spiro atoms. The summed E-state index contributed by atoms with van der Waals surface area (Å²) in [5.41, 5.74) is 4.84. The molecule has 2 atom stereocenters. The summed E-state index contributed by atoms with van der Waals surface area (Å²) in [5, 5.41) is 7.87. The molecule has 6 nitrogen and oxygen atoms in total. The van der Waals surface area contributed by atoms with E-state index >= 15 is 0 Å². The largest absolute Gasteiger partial charge is 0.480 e. The lowest BCUT2D eigenvalue weighted by Gasteiger charge is -2.12. The molecule has 0 aliphatic carbocycles. The van der Waals surface area contributed by atoms with Crippen LogP contribution in [0.3, 0.4) is 0 Å². The van der Waals surface area contributed by atoms with E-state index in [4.69, 9.17) is 15.0 Å². The zero-order valence-electron chi connectivity index (χ0n) is 12.3. The normalized spacial score (nSPS) is 14.2. The SMILES string of the molecule is CC(N)C(=O)O.CCCCC(CC)COS(C)(=O)=O. The summed E-state index contributed by atoms with van der Waals surface area (Å²) in [6.45, 7) is 5.95. The van der Waals surface area contributed by atoms with E-state index in [-0.39, 0.29) is 0 Å². The molecule has 0 radical (unpaired) electrons. The fourth-order valence-corrected chi connectivity index (χ4v) is 1.56. The van der Waals surface area contributed by atoms with Gasteiger partial charge in [-0.1, -0.05) is 33.1 Å².